The molecule has 0 aliphatic heterocycles. The molecule has 4 N–H and O–H groups in total. The van der Waals surface area contributed by atoms with Crippen LogP contribution in [0.1, 0.15) is 19.8 Å². The quantitative estimate of drug-likeness (QED) is 0.301. The average molecular weight is 251 g/mol. The van der Waals surface area contributed by atoms with Crippen LogP contribution in [0.15, 0.2) is 24.3 Å². The van der Waals surface area contributed by atoms with E-state index in [4.69, 9.17) is 10.6 Å². The second kappa shape index (κ2) is 7.29. The van der Waals surface area contributed by atoms with E-state index in [0.717, 1.165) is 5.69 Å². The second-order valence-electron chi connectivity index (χ2n) is 3.73. The summed E-state index contributed by atoms with van der Waals surface area (Å²) in [6.07, 6.45) is 0.928. The van der Waals surface area contributed by atoms with E-state index < -0.39 is 0 Å². The van der Waals surface area contributed by atoms with Gasteiger partial charge in [-0.25, -0.2) is 5.84 Å². The van der Waals surface area contributed by atoms with Crippen molar-refractivity contribution in [2.24, 2.45) is 5.84 Å². The van der Waals surface area contributed by atoms with Crippen LogP contribution in [0.5, 0.6) is 5.75 Å². The van der Waals surface area contributed by atoms with Crippen molar-refractivity contribution in [3.8, 4) is 5.75 Å². The number of ether oxygens (including phenoxy) is 1. The second-order valence-corrected chi connectivity index (χ2v) is 3.73. The fourth-order valence-electron chi connectivity index (χ4n) is 1.33. The van der Waals surface area contributed by atoms with E-state index in [-0.39, 0.29) is 11.8 Å². The Morgan fingerprint density at radius 1 is 1.28 bits per heavy atom. The van der Waals surface area contributed by atoms with Crippen LogP contribution < -0.4 is 21.3 Å². The van der Waals surface area contributed by atoms with Gasteiger partial charge >= 0.3 is 0 Å². The van der Waals surface area contributed by atoms with E-state index in [0.29, 0.717) is 25.2 Å². The summed E-state index contributed by atoms with van der Waals surface area (Å²) >= 11 is 0. The summed E-state index contributed by atoms with van der Waals surface area (Å²) in [4.78, 5) is 21.6. The number of nitrogens with two attached hydrogens (primary N) is 1. The minimum atomic E-state index is -0.209. The number of benzene rings is 1. The van der Waals surface area contributed by atoms with E-state index >= 15 is 0 Å². The number of carbonyl (C=O) groups excluding carboxylic acids is 2. The first-order valence-electron chi connectivity index (χ1n) is 5.61. The summed E-state index contributed by atoms with van der Waals surface area (Å²) in [5.74, 6) is 5.32. The molecule has 1 rings (SSSR count). The first-order chi connectivity index (χ1) is 8.61. The number of hydrogen-bond donors (Lipinski definition) is 3. The number of anilines is 1. The molecule has 6 heteroatoms. The molecule has 0 saturated heterocycles. The smallest absolute Gasteiger partial charge is 0.234 e. The molecule has 0 aliphatic rings. The fraction of sp³-hybridized carbons (Fsp3) is 0.333. The molecule has 1 aromatic rings. The Bertz CT molecular complexity index is 404. The molecule has 98 valence electrons. The number of hydrazine groups is 1. The SMILES string of the molecule is CC(=O)Nc1ccc(OCCCC(=O)NN)cc1. The number of hydrogen-bond acceptors (Lipinski definition) is 4. The van der Waals surface area contributed by atoms with Gasteiger partial charge in [-0.05, 0) is 30.7 Å². The Balaban J connectivity index is 2.31. The molecule has 1 aromatic carbocycles. The Hall–Kier alpha value is -2.08. The number of rotatable bonds is 6. The highest BCUT2D eigenvalue weighted by atomic mass is 16.5. The molecule has 0 aromatic heterocycles. The predicted molar refractivity (Wildman–Crippen MR) is 67.8 cm³/mol. The van der Waals surface area contributed by atoms with Crippen molar-refractivity contribution in [3.05, 3.63) is 24.3 Å². The van der Waals surface area contributed by atoms with Gasteiger partial charge in [-0.15, -0.1) is 0 Å². The lowest BCUT2D eigenvalue weighted by Crippen LogP contribution is -2.29. The Kier molecular flexibility index (Phi) is 5.66. The van der Waals surface area contributed by atoms with Crippen LogP contribution >= 0.6 is 0 Å². The molecule has 0 radical (unpaired) electrons. The average Bonchev–Trinajstić information content (AvgIpc) is 2.35. The van der Waals surface area contributed by atoms with Crippen LogP contribution in [0.3, 0.4) is 0 Å². The normalized spacial score (nSPS) is 9.67. The fourth-order valence-corrected chi connectivity index (χ4v) is 1.33. The molecule has 0 bridgehead atoms. The molecular formula is C12H17N3O3. The molecular weight excluding hydrogens is 234 g/mol. The minimum Gasteiger partial charge on any atom is -0.494 e. The molecule has 0 fully saturated rings. The first-order valence-corrected chi connectivity index (χ1v) is 5.61. The lowest BCUT2D eigenvalue weighted by Gasteiger charge is -2.07. The van der Waals surface area contributed by atoms with Gasteiger partial charge in [0.1, 0.15) is 5.75 Å². The maximum absolute atomic E-state index is 10.8. The summed E-state index contributed by atoms with van der Waals surface area (Å²) in [5.41, 5.74) is 2.77. The molecule has 2 amide bonds. The highest BCUT2D eigenvalue weighted by molar-refractivity contribution is 5.88. The van der Waals surface area contributed by atoms with Gasteiger partial charge in [-0.3, -0.25) is 15.0 Å². The zero-order valence-electron chi connectivity index (χ0n) is 10.2. The topological polar surface area (TPSA) is 93.4 Å². The lowest BCUT2D eigenvalue weighted by atomic mass is 10.3. The van der Waals surface area contributed by atoms with E-state index in [2.05, 4.69) is 10.7 Å². The van der Waals surface area contributed by atoms with Crippen LogP contribution in [0.4, 0.5) is 5.69 Å². The van der Waals surface area contributed by atoms with Crippen molar-refractivity contribution < 1.29 is 14.3 Å². The third-order valence-corrected chi connectivity index (χ3v) is 2.15. The van der Waals surface area contributed by atoms with E-state index in [1.54, 1.807) is 24.3 Å². The number of nitrogens with one attached hydrogen (secondary N) is 2. The summed E-state index contributed by atoms with van der Waals surface area (Å²) in [5, 5.41) is 2.66. The van der Waals surface area contributed by atoms with Crippen LogP contribution in [-0.2, 0) is 9.59 Å². The zero-order chi connectivity index (χ0) is 13.4. The predicted octanol–water partition coefficient (Wildman–Crippen LogP) is 0.794. The Labute approximate surface area is 105 Å². The van der Waals surface area contributed by atoms with E-state index in [9.17, 15) is 9.59 Å². The zero-order valence-corrected chi connectivity index (χ0v) is 10.2. The third kappa shape index (κ3) is 5.31. The van der Waals surface area contributed by atoms with Crippen LogP contribution in [-0.4, -0.2) is 18.4 Å². The molecule has 0 spiro atoms. The molecule has 0 heterocycles. The Morgan fingerprint density at radius 2 is 1.94 bits per heavy atom. The maximum atomic E-state index is 10.8. The monoisotopic (exact) mass is 251 g/mol. The van der Waals surface area contributed by atoms with Gasteiger partial charge in [-0.2, -0.15) is 0 Å². The van der Waals surface area contributed by atoms with Crippen LogP contribution in [0, 0.1) is 0 Å². The van der Waals surface area contributed by atoms with Gasteiger partial charge in [0.2, 0.25) is 11.8 Å². The summed E-state index contributed by atoms with van der Waals surface area (Å²) in [6, 6.07) is 7.02. The van der Waals surface area contributed by atoms with Crippen LogP contribution in [0.25, 0.3) is 0 Å². The molecule has 0 aliphatic carbocycles. The minimum absolute atomic E-state index is 0.114. The van der Waals surface area contributed by atoms with Crippen molar-refractivity contribution in [2.75, 3.05) is 11.9 Å². The van der Waals surface area contributed by atoms with Gasteiger partial charge in [-0.1, -0.05) is 0 Å². The van der Waals surface area contributed by atoms with Crippen molar-refractivity contribution >= 4 is 17.5 Å². The van der Waals surface area contributed by atoms with Gasteiger partial charge in [0.15, 0.2) is 0 Å². The molecule has 0 atom stereocenters. The summed E-state index contributed by atoms with van der Waals surface area (Å²) in [6.45, 7) is 1.89. The summed E-state index contributed by atoms with van der Waals surface area (Å²) in [7, 11) is 0. The molecule has 0 saturated carbocycles. The van der Waals surface area contributed by atoms with Gasteiger partial charge in [0.25, 0.3) is 0 Å². The van der Waals surface area contributed by atoms with Crippen molar-refractivity contribution in [1.29, 1.82) is 0 Å². The molecule has 6 nitrogen and oxygen atoms in total. The van der Waals surface area contributed by atoms with Crippen LogP contribution in [0.2, 0.25) is 0 Å². The lowest BCUT2D eigenvalue weighted by molar-refractivity contribution is -0.121. The van der Waals surface area contributed by atoms with E-state index in [1.165, 1.54) is 6.92 Å². The number of amides is 2. The largest absolute Gasteiger partial charge is 0.494 e. The van der Waals surface area contributed by atoms with E-state index in [1.807, 2.05) is 0 Å². The molecule has 18 heavy (non-hydrogen) atoms. The highest BCUT2D eigenvalue weighted by Gasteiger charge is 2.00. The van der Waals surface area contributed by atoms with Crippen molar-refractivity contribution in [1.82, 2.24) is 5.43 Å². The van der Waals surface area contributed by atoms with Crippen molar-refractivity contribution in [2.45, 2.75) is 19.8 Å². The van der Waals surface area contributed by atoms with Gasteiger partial charge < -0.3 is 10.1 Å². The number of carbonyl (C=O) groups is 2. The maximum Gasteiger partial charge on any atom is 0.234 e. The summed E-state index contributed by atoms with van der Waals surface area (Å²) < 4.78 is 5.43. The first kappa shape index (κ1) is 14.0. The molecule has 0 unspecified atom stereocenters. The van der Waals surface area contributed by atoms with Gasteiger partial charge in [0, 0.05) is 19.0 Å². The third-order valence-electron chi connectivity index (χ3n) is 2.15. The van der Waals surface area contributed by atoms with Crippen molar-refractivity contribution in [3.63, 3.8) is 0 Å². The highest BCUT2D eigenvalue weighted by Crippen LogP contribution is 2.15. The standard InChI is InChI=1S/C12H17N3O3/c1-9(16)14-10-4-6-11(7-5-10)18-8-2-3-12(17)15-13/h4-7H,2-3,8,13H2,1H3,(H,14,16)(H,15,17). The van der Waals surface area contributed by atoms with Gasteiger partial charge in [0.05, 0.1) is 6.61 Å². The Morgan fingerprint density at radius 3 is 2.50 bits per heavy atom.